The first-order valence-corrected chi connectivity index (χ1v) is 8.25. The van der Waals surface area contributed by atoms with E-state index in [9.17, 15) is 9.59 Å². The number of rotatable bonds is 8. The number of carbonyl (C=O) groups is 2. The van der Waals surface area contributed by atoms with Crippen LogP contribution in [0.1, 0.15) is 29.8 Å². The number of hydrogen-bond donors (Lipinski definition) is 1. The summed E-state index contributed by atoms with van der Waals surface area (Å²) in [5.41, 5.74) is 1.45. The fourth-order valence-corrected chi connectivity index (χ4v) is 2.01. The molecule has 5 heteroatoms. The number of amides is 1. The Morgan fingerprint density at radius 3 is 2.32 bits per heavy atom. The highest BCUT2D eigenvalue weighted by molar-refractivity contribution is 5.91. The molecule has 2 aromatic rings. The first-order valence-electron chi connectivity index (χ1n) is 8.25. The average molecular weight is 341 g/mol. The van der Waals surface area contributed by atoms with Crippen LogP contribution < -0.4 is 10.1 Å². The van der Waals surface area contributed by atoms with E-state index in [0.29, 0.717) is 30.4 Å². The van der Waals surface area contributed by atoms with Gasteiger partial charge in [-0.15, -0.1) is 0 Å². The molecule has 0 saturated heterocycles. The molecule has 0 fully saturated rings. The lowest BCUT2D eigenvalue weighted by molar-refractivity contribution is -0.124. The summed E-state index contributed by atoms with van der Waals surface area (Å²) in [6.45, 7) is 4.73. The molecule has 5 nitrogen and oxygen atoms in total. The summed E-state index contributed by atoms with van der Waals surface area (Å²) in [7, 11) is 0. The predicted octanol–water partition coefficient (Wildman–Crippen LogP) is 3.19. The van der Waals surface area contributed by atoms with Gasteiger partial charge in [0.2, 0.25) is 0 Å². The van der Waals surface area contributed by atoms with Crippen molar-refractivity contribution in [3.05, 3.63) is 65.7 Å². The van der Waals surface area contributed by atoms with Gasteiger partial charge in [-0.1, -0.05) is 44.2 Å². The van der Waals surface area contributed by atoms with E-state index in [1.54, 1.807) is 24.3 Å². The second kappa shape index (κ2) is 9.47. The maximum Gasteiger partial charge on any atom is 0.338 e. The minimum atomic E-state index is -0.533. The summed E-state index contributed by atoms with van der Waals surface area (Å²) in [5, 5.41) is 2.69. The van der Waals surface area contributed by atoms with Crippen LogP contribution in [0.3, 0.4) is 0 Å². The van der Waals surface area contributed by atoms with Gasteiger partial charge in [0.25, 0.3) is 5.91 Å². The molecule has 0 saturated carbocycles. The molecule has 132 valence electrons. The Balaban J connectivity index is 1.78. The second-order valence-electron chi connectivity index (χ2n) is 6.07. The molecule has 0 radical (unpaired) electrons. The van der Waals surface area contributed by atoms with Crippen molar-refractivity contribution in [2.45, 2.75) is 20.5 Å². The Bertz CT molecular complexity index is 681. The smallest absolute Gasteiger partial charge is 0.338 e. The SMILES string of the molecule is CC(C)CNC(=O)COC(=O)c1ccc(OCc2ccccc2)cc1. The largest absolute Gasteiger partial charge is 0.489 e. The zero-order chi connectivity index (χ0) is 18.1. The van der Waals surface area contributed by atoms with Gasteiger partial charge in [-0.05, 0) is 35.7 Å². The lowest BCUT2D eigenvalue weighted by atomic mass is 10.2. The van der Waals surface area contributed by atoms with Crippen molar-refractivity contribution in [2.75, 3.05) is 13.2 Å². The molecular formula is C20H23NO4. The highest BCUT2D eigenvalue weighted by atomic mass is 16.5. The van der Waals surface area contributed by atoms with Crippen LogP contribution in [0.15, 0.2) is 54.6 Å². The molecular weight excluding hydrogens is 318 g/mol. The van der Waals surface area contributed by atoms with Gasteiger partial charge >= 0.3 is 5.97 Å². The quantitative estimate of drug-likeness (QED) is 0.749. The predicted molar refractivity (Wildman–Crippen MR) is 95.3 cm³/mol. The Morgan fingerprint density at radius 1 is 1.00 bits per heavy atom. The molecule has 0 heterocycles. The average Bonchev–Trinajstić information content (AvgIpc) is 2.64. The van der Waals surface area contributed by atoms with Gasteiger partial charge in [0.1, 0.15) is 12.4 Å². The molecule has 0 aliphatic heterocycles. The zero-order valence-electron chi connectivity index (χ0n) is 14.5. The third-order valence-electron chi connectivity index (χ3n) is 3.38. The zero-order valence-corrected chi connectivity index (χ0v) is 14.5. The molecule has 0 aromatic heterocycles. The van der Waals surface area contributed by atoms with Crippen molar-refractivity contribution in [3.63, 3.8) is 0 Å². The van der Waals surface area contributed by atoms with Crippen molar-refractivity contribution >= 4 is 11.9 Å². The van der Waals surface area contributed by atoms with Gasteiger partial charge in [0.15, 0.2) is 6.61 Å². The number of hydrogen-bond acceptors (Lipinski definition) is 4. The van der Waals surface area contributed by atoms with Gasteiger partial charge in [-0.25, -0.2) is 4.79 Å². The highest BCUT2D eigenvalue weighted by Crippen LogP contribution is 2.15. The second-order valence-corrected chi connectivity index (χ2v) is 6.07. The lowest BCUT2D eigenvalue weighted by Crippen LogP contribution is -2.31. The number of ether oxygens (including phenoxy) is 2. The van der Waals surface area contributed by atoms with Crippen LogP contribution in [-0.2, 0) is 16.1 Å². The van der Waals surface area contributed by atoms with E-state index in [4.69, 9.17) is 9.47 Å². The lowest BCUT2D eigenvalue weighted by Gasteiger charge is -2.09. The van der Waals surface area contributed by atoms with E-state index in [0.717, 1.165) is 5.56 Å². The summed E-state index contributed by atoms with van der Waals surface area (Å²) in [4.78, 5) is 23.5. The highest BCUT2D eigenvalue weighted by Gasteiger charge is 2.10. The number of carbonyl (C=O) groups excluding carboxylic acids is 2. The van der Waals surface area contributed by atoms with Crippen LogP contribution in [0, 0.1) is 5.92 Å². The summed E-state index contributed by atoms with van der Waals surface area (Å²) < 4.78 is 10.7. The van der Waals surface area contributed by atoms with Gasteiger partial charge in [0.05, 0.1) is 5.56 Å². The van der Waals surface area contributed by atoms with E-state index in [-0.39, 0.29) is 12.5 Å². The van der Waals surface area contributed by atoms with Crippen LogP contribution in [0.2, 0.25) is 0 Å². The van der Waals surface area contributed by atoms with E-state index < -0.39 is 5.97 Å². The van der Waals surface area contributed by atoms with Crippen molar-refractivity contribution in [1.82, 2.24) is 5.32 Å². The Labute approximate surface area is 148 Å². The summed E-state index contributed by atoms with van der Waals surface area (Å²) in [6.07, 6.45) is 0. The van der Waals surface area contributed by atoms with Gasteiger partial charge in [0, 0.05) is 6.54 Å². The molecule has 0 bridgehead atoms. The minimum Gasteiger partial charge on any atom is -0.489 e. The monoisotopic (exact) mass is 341 g/mol. The van der Waals surface area contributed by atoms with Crippen molar-refractivity contribution in [1.29, 1.82) is 0 Å². The van der Waals surface area contributed by atoms with E-state index in [2.05, 4.69) is 5.32 Å². The van der Waals surface area contributed by atoms with Crippen LogP contribution in [-0.4, -0.2) is 25.0 Å². The molecule has 25 heavy (non-hydrogen) atoms. The summed E-state index contributed by atoms with van der Waals surface area (Å²) in [5.74, 6) is 0.178. The van der Waals surface area contributed by atoms with E-state index >= 15 is 0 Å². The van der Waals surface area contributed by atoms with Gasteiger partial charge < -0.3 is 14.8 Å². The maximum atomic E-state index is 11.9. The topological polar surface area (TPSA) is 64.6 Å². The molecule has 0 aliphatic rings. The molecule has 0 aliphatic carbocycles. The van der Waals surface area contributed by atoms with E-state index in [1.165, 1.54) is 0 Å². The van der Waals surface area contributed by atoms with Crippen molar-refractivity contribution < 1.29 is 19.1 Å². The third-order valence-corrected chi connectivity index (χ3v) is 3.38. The van der Waals surface area contributed by atoms with Crippen LogP contribution >= 0.6 is 0 Å². The summed E-state index contributed by atoms with van der Waals surface area (Å²) >= 11 is 0. The standard InChI is InChI=1S/C20H23NO4/c1-15(2)12-21-19(22)14-25-20(23)17-8-10-18(11-9-17)24-13-16-6-4-3-5-7-16/h3-11,15H,12-14H2,1-2H3,(H,21,22). The molecule has 2 aromatic carbocycles. The first-order chi connectivity index (χ1) is 12.0. The molecule has 0 unspecified atom stereocenters. The Hall–Kier alpha value is -2.82. The fourth-order valence-electron chi connectivity index (χ4n) is 2.01. The minimum absolute atomic E-state index is 0.280. The third kappa shape index (κ3) is 6.67. The Morgan fingerprint density at radius 2 is 1.68 bits per heavy atom. The number of nitrogens with one attached hydrogen (secondary N) is 1. The van der Waals surface area contributed by atoms with Crippen LogP contribution in [0.5, 0.6) is 5.75 Å². The molecule has 2 rings (SSSR count). The Kier molecular flexibility index (Phi) is 7.01. The molecule has 1 N–H and O–H groups in total. The van der Waals surface area contributed by atoms with Crippen LogP contribution in [0.25, 0.3) is 0 Å². The molecule has 0 atom stereocenters. The van der Waals surface area contributed by atoms with Crippen molar-refractivity contribution in [2.24, 2.45) is 5.92 Å². The number of benzene rings is 2. The van der Waals surface area contributed by atoms with Gasteiger partial charge in [-0.3, -0.25) is 4.79 Å². The summed E-state index contributed by atoms with van der Waals surface area (Å²) in [6, 6.07) is 16.5. The van der Waals surface area contributed by atoms with E-state index in [1.807, 2.05) is 44.2 Å². The van der Waals surface area contributed by atoms with Crippen molar-refractivity contribution in [3.8, 4) is 5.75 Å². The molecule has 1 amide bonds. The van der Waals surface area contributed by atoms with Gasteiger partial charge in [-0.2, -0.15) is 0 Å². The maximum absolute atomic E-state index is 11.9. The van der Waals surface area contributed by atoms with Crippen LogP contribution in [0.4, 0.5) is 0 Å². The first kappa shape index (κ1) is 18.5. The fraction of sp³-hybridized carbons (Fsp3) is 0.300. The molecule has 0 spiro atoms. The number of esters is 1. The normalized spacial score (nSPS) is 10.4.